The Morgan fingerprint density at radius 1 is 1.09 bits per heavy atom. The van der Waals surface area contributed by atoms with Crippen molar-refractivity contribution in [2.45, 2.75) is 52.4 Å². The summed E-state index contributed by atoms with van der Waals surface area (Å²) in [6.07, 6.45) is 0. The van der Waals surface area contributed by atoms with Gasteiger partial charge in [0.25, 0.3) is 5.91 Å². The van der Waals surface area contributed by atoms with Gasteiger partial charge in [0.1, 0.15) is 11.3 Å². The average Bonchev–Trinajstić information content (AvgIpc) is 2.33. The van der Waals surface area contributed by atoms with Gasteiger partial charge in [0.15, 0.2) is 6.61 Å². The van der Waals surface area contributed by atoms with Gasteiger partial charge in [-0.25, -0.2) is 4.79 Å². The van der Waals surface area contributed by atoms with Crippen LogP contribution < -0.4 is 5.73 Å². The van der Waals surface area contributed by atoms with Crippen LogP contribution in [0.1, 0.15) is 63.0 Å². The summed E-state index contributed by atoms with van der Waals surface area (Å²) in [4.78, 5) is 22.9. The SMILES string of the molecule is CC(C)(C)c1cc(C(=O)OCC(N)=O)c(O)c(C(C)(C)C)c1. The van der Waals surface area contributed by atoms with Crippen molar-refractivity contribution in [2.75, 3.05) is 6.61 Å². The van der Waals surface area contributed by atoms with E-state index in [2.05, 4.69) is 0 Å². The number of nitrogens with two attached hydrogens (primary N) is 1. The first kappa shape index (κ1) is 18.0. The van der Waals surface area contributed by atoms with E-state index >= 15 is 0 Å². The number of phenols is 1. The van der Waals surface area contributed by atoms with Crippen LogP contribution in [0.4, 0.5) is 0 Å². The van der Waals surface area contributed by atoms with E-state index in [1.807, 2.05) is 47.6 Å². The maximum atomic E-state index is 12.1. The zero-order chi connectivity index (χ0) is 17.3. The van der Waals surface area contributed by atoms with E-state index in [0.717, 1.165) is 5.56 Å². The molecular weight excluding hydrogens is 282 g/mol. The van der Waals surface area contributed by atoms with Crippen LogP contribution in [-0.4, -0.2) is 23.6 Å². The molecule has 5 heteroatoms. The molecule has 0 bridgehead atoms. The summed E-state index contributed by atoms with van der Waals surface area (Å²) in [6, 6.07) is 3.51. The smallest absolute Gasteiger partial charge is 0.342 e. The van der Waals surface area contributed by atoms with Crippen molar-refractivity contribution >= 4 is 11.9 Å². The van der Waals surface area contributed by atoms with Gasteiger partial charge in [-0.05, 0) is 22.5 Å². The number of amides is 1. The van der Waals surface area contributed by atoms with E-state index in [9.17, 15) is 14.7 Å². The van der Waals surface area contributed by atoms with Gasteiger partial charge in [0.05, 0.1) is 0 Å². The van der Waals surface area contributed by atoms with E-state index < -0.39 is 18.5 Å². The second-order valence-electron chi connectivity index (χ2n) is 7.46. The van der Waals surface area contributed by atoms with Crippen LogP contribution in [0.5, 0.6) is 5.75 Å². The first-order chi connectivity index (χ1) is 9.84. The van der Waals surface area contributed by atoms with Gasteiger partial charge in [0.2, 0.25) is 0 Å². The minimum atomic E-state index is -0.757. The van der Waals surface area contributed by atoms with Crippen molar-refractivity contribution in [3.05, 3.63) is 28.8 Å². The lowest BCUT2D eigenvalue weighted by Gasteiger charge is -2.27. The Bertz CT molecular complexity index is 592. The molecular formula is C17H25NO4. The lowest BCUT2D eigenvalue weighted by atomic mass is 9.79. The molecule has 122 valence electrons. The van der Waals surface area contributed by atoms with Gasteiger partial charge in [-0.15, -0.1) is 0 Å². The fourth-order valence-corrected chi connectivity index (χ4v) is 2.01. The fourth-order valence-electron chi connectivity index (χ4n) is 2.01. The highest BCUT2D eigenvalue weighted by Gasteiger charge is 2.27. The third-order valence-electron chi connectivity index (χ3n) is 3.35. The Hall–Kier alpha value is -2.04. The molecule has 3 N–H and O–H groups in total. The molecule has 0 aliphatic heterocycles. The molecule has 5 nitrogen and oxygen atoms in total. The molecule has 22 heavy (non-hydrogen) atoms. The number of aromatic hydroxyl groups is 1. The zero-order valence-electron chi connectivity index (χ0n) is 14.1. The van der Waals surface area contributed by atoms with Gasteiger partial charge in [-0.3, -0.25) is 4.79 Å². The van der Waals surface area contributed by atoms with Crippen molar-refractivity contribution < 1.29 is 19.4 Å². The van der Waals surface area contributed by atoms with Crippen molar-refractivity contribution in [1.29, 1.82) is 0 Å². The summed E-state index contributed by atoms with van der Waals surface area (Å²) in [5, 5.41) is 10.4. The highest BCUT2D eigenvalue weighted by Crippen LogP contribution is 2.37. The molecule has 0 aliphatic carbocycles. The monoisotopic (exact) mass is 307 g/mol. The Kier molecular flexibility index (Phi) is 4.90. The second kappa shape index (κ2) is 5.99. The number of hydrogen-bond acceptors (Lipinski definition) is 4. The maximum Gasteiger partial charge on any atom is 0.342 e. The number of carbonyl (C=O) groups excluding carboxylic acids is 2. The number of benzene rings is 1. The molecule has 1 rings (SSSR count). The summed E-state index contributed by atoms with van der Waals surface area (Å²) in [6.45, 7) is 11.4. The quantitative estimate of drug-likeness (QED) is 0.840. The highest BCUT2D eigenvalue weighted by molar-refractivity contribution is 5.94. The van der Waals surface area contributed by atoms with Crippen LogP contribution in [0.25, 0.3) is 0 Å². The van der Waals surface area contributed by atoms with Gasteiger partial charge in [-0.2, -0.15) is 0 Å². The van der Waals surface area contributed by atoms with E-state index in [0.29, 0.717) is 5.56 Å². The molecule has 0 heterocycles. The molecule has 0 spiro atoms. The number of carbonyl (C=O) groups is 2. The lowest BCUT2D eigenvalue weighted by Crippen LogP contribution is -2.22. The van der Waals surface area contributed by atoms with Crippen LogP contribution in [0.15, 0.2) is 12.1 Å². The molecule has 0 aliphatic rings. The standard InChI is InChI=1S/C17H25NO4/c1-16(2,3)10-7-11(15(21)22-9-13(18)19)14(20)12(8-10)17(4,5)6/h7-8,20H,9H2,1-6H3,(H2,18,19). The number of phenolic OH excluding ortho intramolecular Hbond substituents is 1. The molecule has 1 amide bonds. The topological polar surface area (TPSA) is 89.6 Å². The van der Waals surface area contributed by atoms with Crippen molar-refractivity contribution in [3.63, 3.8) is 0 Å². The third kappa shape index (κ3) is 4.23. The van der Waals surface area contributed by atoms with E-state index in [4.69, 9.17) is 10.5 Å². The number of rotatable bonds is 3. The Morgan fingerprint density at radius 2 is 1.64 bits per heavy atom. The second-order valence-corrected chi connectivity index (χ2v) is 7.46. The molecule has 0 saturated heterocycles. The minimum Gasteiger partial charge on any atom is -0.507 e. The van der Waals surface area contributed by atoms with E-state index in [-0.39, 0.29) is 22.1 Å². The van der Waals surface area contributed by atoms with Gasteiger partial charge in [0, 0.05) is 5.56 Å². The number of ether oxygens (including phenoxy) is 1. The molecule has 0 atom stereocenters. The lowest BCUT2D eigenvalue weighted by molar-refractivity contribution is -0.121. The van der Waals surface area contributed by atoms with Crippen LogP contribution in [-0.2, 0) is 20.4 Å². The average molecular weight is 307 g/mol. The summed E-state index contributed by atoms with van der Waals surface area (Å²) in [5.74, 6) is -1.61. The summed E-state index contributed by atoms with van der Waals surface area (Å²) >= 11 is 0. The number of primary amides is 1. The Labute approximate surface area is 131 Å². The minimum absolute atomic E-state index is 0.0543. The normalized spacial score (nSPS) is 12.1. The first-order valence-corrected chi connectivity index (χ1v) is 7.17. The number of esters is 1. The zero-order valence-corrected chi connectivity index (χ0v) is 14.1. The molecule has 0 radical (unpaired) electrons. The molecule has 0 unspecified atom stereocenters. The van der Waals surface area contributed by atoms with Crippen molar-refractivity contribution in [1.82, 2.24) is 0 Å². The fraction of sp³-hybridized carbons (Fsp3) is 0.529. The van der Waals surface area contributed by atoms with Crippen LogP contribution in [0.3, 0.4) is 0 Å². The Balaban J connectivity index is 3.43. The predicted octanol–water partition coefficient (Wildman–Crippen LogP) is 2.63. The summed E-state index contributed by atoms with van der Waals surface area (Å²) in [5.41, 5.74) is 6.05. The molecule has 1 aromatic rings. The molecule has 1 aromatic carbocycles. The van der Waals surface area contributed by atoms with Crippen LogP contribution in [0.2, 0.25) is 0 Å². The predicted molar refractivity (Wildman–Crippen MR) is 85.0 cm³/mol. The van der Waals surface area contributed by atoms with E-state index in [1.54, 1.807) is 6.07 Å². The maximum absolute atomic E-state index is 12.1. The van der Waals surface area contributed by atoms with Crippen LogP contribution in [0, 0.1) is 0 Å². The summed E-state index contributed by atoms with van der Waals surface area (Å²) < 4.78 is 4.83. The number of hydrogen-bond donors (Lipinski definition) is 2. The van der Waals surface area contributed by atoms with Crippen molar-refractivity contribution in [3.8, 4) is 5.75 Å². The molecule has 0 fully saturated rings. The van der Waals surface area contributed by atoms with Crippen molar-refractivity contribution in [2.24, 2.45) is 5.73 Å². The molecule has 0 aromatic heterocycles. The Morgan fingerprint density at radius 3 is 2.05 bits per heavy atom. The first-order valence-electron chi connectivity index (χ1n) is 7.17. The highest BCUT2D eigenvalue weighted by atomic mass is 16.5. The molecule has 0 saturated carbocycles. The van der Waals surface area contributed by atoms with E-state index in [1.165, 1.54) is 0 Å². The third-order valence-corrected chi connectivity index (χ3v) is 3.35. The van der Waals surface area contributed by atoms with Crippen LogP contribution >= 0.6 is 0 Å². The van der Waals surface area contributed by atoms with Gasteiger partial charge >= 0.3 is 5.97 Å². The van der Waals surface area contributed by atoms with Gasteiger partial charge in [-0.1, -0.05) is 47.6 Å². The summed E-state index contributed by atoms with van der Waals surface area (Å²) in [7, 11) is 0. The van der Waals surface area contributed by atoms with Gasteiger partial charge < -0.3 is 15.6 Å². The largest absolute Gasteiger partial charge is 0.507 e.